The van der Waals surface area contributed by atoms with Crippen LogP contribution in [0.3, 0.4) is 0 Å². The molecule has 0 aliphatic carbocycles. The second kappa shape index (κ2) is 7.42. The molecule has 2 aromatic carbocycles. The summed E-state index contributed by atoms with van der Waals surface area (Å²) in [4.78, 5) is 11.2. The predicted octanol–water partition coefficient (Wildman–Crippen LogP) is 4.47. The van der Waals surface area contributed by atoms with Crippen molar-refractivity contribution in [2.24, 2.45) is 5.92 Å². The van der Waals surface area contributed by atoms with Crippen molar-refractivity contribution in [1.82, 2.24) is 0 Å². The molecule has 4 heteroatoms. The summed E-state index contributed by atoms with van der Waals surface area (Å²) in [5, 5.41) is 9.16. The van der Waals surface area contributed by atoms with Gasteiger partial charge in [-0.2, -0.15) is 0 Å². The molecule has 0 saturated heterocycles. The molecule has 0 aliphatic heterocycles. The number of carbonyl (C=O) groups is 1. The number of benzene rings is 2. The Labute approximate surface area is 131 Å². The zero-order valence-corrected chi connectivity index (χ0v) is 13.6. The minimum atomic E-state index is -2.65. The van der Waals surface area contributed by atoms with Crippen molar-refractivity contribution in [2.45, 2.75) is 19.2 Å². The van der Waals surface area contributed by atoms with Gasteiger partial charge in [-0.3, -0.25) is 4.79 Å². The van der Waals surface area contributed by atoms with Gasteiger partial charge in [0.05, 0.1) is 13.1 Å². The molecule has 0 saturated carbocycles. The molecular weight excluding hydrogens is 295 g/mol. The molecule has 1 atom stereocenters. The van der Waals surface area contributed by atoms with Gasteiger partial charge in [-0.1, -0.05) is 67.6 Å². The van der Waals surface area contributed by atoms with Crippen molar-refractivity contribution >= 4 is 13.1 Å². The Morgan fingerprint density at radius 3 is 1.73 bits per heavy atom. The largest absolute Gasteiger partial charge is 0.481 e. The summed E-state index contributed by atoms with van der Waals surface area (Å²) in [7, 11) is -2.65. The maximum atomic E-state index is 13.4. The first-order valence-corrected chi connectivity index (χ1v) is 9.62. The Morgan fingerprint density at radius 1 is 0.955 bits per heavy atom. The molecular formula is C18H21O3P. The van der Waals surface area contributed by atoms with Gasteiger partial charge in [-0.15, -0.1) is 0 Å². The third kappa shape index (κ3) is 4.85. The average Bonchev–Trinajstić information content (AvgIpc) is 2.48. The molecule has 116 valence electrons. The zero-order chi connectivity index (χ0) is 16.0. The highest BCUT2D eigenvalue weighted by molar-refractivity contribution is 7.62. The fraction of sp³-hybridized carbons (Fsp3) is 0.278. The summed E-state index contributed by atoms with van der Waals surface area (Å²) < 4.78 is 13.4. The molecule has 1 N–H and O–H groups in total. The van der Waals surface area contributed by atoms with Crippen LogP contribution < -0.4 is 0 Å². The van der Waals surface area contributed by atoms with E-state index in [4.69, 9.17) is 5.11 Å². The van der Waals surface area contributed by atoms with Crippen molar-refractivity contribution in [3.8, 4) is 0 Å². The van der Waals surface area contributed by atoms with Gasteiger partial charge in [0, 0.05) is 18.5 Å². The van der Waals surface area contributed by atoms with Gasteiger partial charge >= 0.3 is 5.97 Å². The van der Waals surface area contributed by atoms with Crippen LogP contribution in [0.25, 0.3) is 0 Å². The summed E-state index contributed by atoms with van der Waals surface area (Å²) in [6.45, 7) is 1.63. The quantitative estimate of drug-likeness (QED) is 0.767. The van der Waals surface area contributed by atoms with Gasteiger partial charge in [0.1, 0.15) is 0 Å². The van der Waals surface area contributed by atoms with Crippen molar-refractivity contribution < 1.29 is 14.5 Å². The van der Waals surface area contributed by atoms with Gasteiger partial charge in [0.2, 0.25) is 0 Å². The van der Waals surface area contributed by atoms with Gasteiger partial charge < -0.3 is 9.67 Å². The maximum Gasteiger partial charge on any atom is 0.306 e. The summed E-state index contributed by atoms with van der Waals surface area (Å²) in [5.41, 5.74) is 2.00. The SMILES string of the molecule is CC(CP(=O)(Cc1ccccc1)Cc1ccccc1)C(=O)O. The van der Waals surface area contributed by atoms with Crippen molar-refractivity contribution in [2.75, 3.05) is 6.16 Å². The number of hydrogen-bond donors (Lipinski definition) is 1. The van der Waals surface area contributed by atoms with Gasteiger partial charge in [-0.05, 0) is 11.1 Å². The third-order valence-corrected chi connectivity index (χ3v) is 6.75. The van der Waals surface area contributed by atoms with E-state index < -0.39 is 19.0 Å². The first-order valence-electron chi connectivity index (χ1n) is 7.36. The maximum absolute atomic E-state index is 13.4. The fourth-order valence-electron chi connectivity index (χ4n) is 2.59. The number of carboxylic acid groups (broad SMARTS) is 1. The van der Waals surface area contributed by atoms with E-state index in [-0.39, 0.29) is 6.16 Å². The number of carboxylic acids is 1. The lowest BCUT2D eigenvalue weighted by molar-refractivity contribution is -0.140. The Hall–Kier alpha value is -1.86. The van der Waals surface area contributed by atoms with Gasteiger partial charge in [0.25, 0.3) is 0 Å². The van der Waals surface area contributed by atoms with Crippen LogP contribution in [0.4, 0.5) is 0 Å². The van der Waals surface area contributed by atoms with Crippen LogP contribution in [-0.4, -0.2) is 17.2 Å². The van der Waals surface area contributed by atoms with Crippen LogP contribution in [0.2, 0.25) is 0 Å². The van der Waals surface area contributed by atoms with Crippen molar-refractivity contribution in [3.05, 3.63) is 71.8 Å². The highest BCUT2D eigenvalue weighted by atomic mass is 31.2. The van der Waals surface area contributed by atoms with Crippen molar-refractivity contribution in [3.63, 3.8) is 0 Å². The lowest BCUT2D eigenvalue weighted by atomic mass is 10.2. The minimum absolute atomic E-state index is 0.228. The van der Waals surface area contributed by atoms with Crippen LogP contribution >= 0.6 is 7.14 Å². The molecule has 2 aromatic rings. The van der Waals surface area contributed by atoms with Crippen LogP contribution in [0, 0.1) is 5.92 Å². The van der Waals surface area contributed by atoms with E-state index in [0.717, 1.165) is 11.1 Å². The van der Waals surface area contributed by atoms with Gasteiger partial charge in [0.15, 0.2) is 0 Å². The molecule has 22 heavy (non-hydrogen) atoms. The predicted molar refractivity (Wildman–Crippen MR) is 89.6 cm³/mol. The highest BCUT2D eigenvalue weighted by Crippen LogP contribution is 2.53. The Kier molecular flexibility index (Phi) is 5.57. The topological polar surface area (TPSA) is 54.4 Å². The molecule has 0 bridgehead atoms. The summed E-state index contributed by atoms with van der Waals surface area (Å²) in [6, 6.07) is 19.3. The van der Waals surface area contributed by atoms with E-state index in [1.54, 1.807) is 6.92 Å². The molecule has 0 heterocycles. The Balaban J connectivity index is 2.23. The molecule has 2 rings (SSSR count). The Morgan fingerprint density at radius 2 is 1.36 bits per heavy atom. The zero-order valence-electron chi connectivity index (χ0n) is 12.7. The molecule has 0 aliphatic rings. The van der Waals surface area contributed by atoms with E-state index in [2.05, 4.69) is 0 Å². The second-order valence-electron chi connectivity index (χ2n) is 5.77. The second-order valence-corrected chi connectivity index (χ2v) is 8.88. The fourth-order valence-corrected chi connectivity index (χ4v) is 5.87. The lowest BCUT2D eigenvalue weighted by Crippen LogP contribution is -2.15. The molecule has 0 amide bonds. The standard InChI is InChI=1S/C18H21O3P/c1-15(18(19)20)12-22(21,13-16-8-4-2-5-9-16)14-17-10-6-3-7-11-17/h2-11,15H,12-14H2,1H3,(H,19,20). The van der Waals surface area contributed by atoms with Gasteiger partial charge in [-0.25, -0.2) is 0 Å². The molecule has 0 radical (unpaired) electrons. The Bertz CT molecular complexity index is 607. The molecule has 0 spiro atoms. The van der Waals surface area contributed by atoms with Crippen LogP contribution in [0.15, 0.2) is 60.7 Å². The van der Waals surface area contributed by atoms with E-state index in [1.807, 2.05) is 60.7 Å². The third-order valence-electron chi connectivity index (χ3n) is 3.66. The summed E-state index contributed by atoms with van der Waals surface area (Å²) in [6.07, 6.45) is 1.12. The van der Waals surface area contributed by atoms with Crippen LogP contribution in [0.1, 0.15) is 18.1 Å². The smallest absolute Gasteiger partial charge is 0.306 e. The first kappa shape index (κ1) is 16.5. The molecule has 0 fully saturated rings. The normalized spacial score (nSPS) is 12.8. The minimum Gasteiger partial charge on any atom is -0.481 e. The van der Waals surface area contributed by atoms with Crippen LogP contribution in [0.5, 0.6) is 0 Å². The first-order chi connectivity index (χ1) is 10.5. The number of hydrogen-bond acceptors (Lipinski definition) is 2. The van der Waals surface area contributed by atoms with Crippen LogP contribution in [-0.2, 0) is 21.7 Å². The number of aliphatic carboxylic acids is 1. The average molecular weight is 316 g/mol. The summed E-state index contributed by atoms with van der Waals surface area (Å²) in [5.74, 6) is -1.49. The van der Waals surface area contributed by atoms with Crippen molar-refractivity contribution in [1.29, 1.82) is 0 Å². The molecule has 1 unspecified atom stereocenters. The molecule has 0 aromatic heterocycles. The van der Waals surface area contributed by atoms with E-state index in [9.17, 15) is 9.36 Å². The summed E-state index contributed by atoms with van der Waals surface area (Å²) >= 11 is 0. The van der Waals surface area contributed by atoms with E-state index >= 15 is 0 Å². The monoisotopic (exact) mass is 316 g/mol. The highest BCUT2D eigenvalue weighted by Gasteiger charge is 2.28. The lowest BCUT2D eigenvalue weighted by Gasteiger charge is -2.21. The molecule has 3 nitrogen and oxygen atoms in total. The number of rotatable bonds is 7. The van der Waals surface area contributed by atoms with E-state index in [0.29, 0.717) is 12.3 Å². The van der Waals surface area contributed by atoms with E-state index in [1.165, 1.54) is 0 Å².